The Morgan fingerprint density at radius 3 is 2.40 bits per heavy atom. The average molecular weight is 341 g/mol. The highest BCUT2D eigenvalue weighted by atomic mass is 16.4. The number of carbonyl (C=O) groups excluding carboxylic acids is 1. The number of carbonyl (C=O) groups is 2. The molecule has 3 rings (SSSR count). The molecule has 7 heteroatoms. The van der Waals surface area contributed by atoms with Crippen molar-refractivity contribution in [3.8, 4) is 0 Å². The van der Waals surface area contributed by atoms with Gasteiger partial charge in [-0.3, -0.25) is 14.4 Å². The monoisotopic (exact) mass is 341 g/mol. The highest BCUT2D eigenvalue weighted by Gasteiger charge is 2.28. The van der Waals surface area contributed by atoms with E-state index < -0.39 is 11.9 Å². The summed E-state index contributed by atoms with van der Waals surface area (Å²) < 4.78 is 1.27. The smallest absolute Gasteiger partial charge is 0.306 e. The summed E-state index contributed by atoms with van der Waals surface area (Å²) >= 11 is 0. The Balaban J connectivity index is 1.74. The summed E-state index contributed by atoms with van der Waals surface area (Å²) in [5.74, 6) is -1.49. The fourth-order valence-corrected chi connectivity index (χ4v) is 2.92. The summed E-state index contributed by atoms with van der Waals surface area (Å²) in [5.41, 5.74) is 0.846. The lowest BCUT2D eigenvalue weighted by Gasteiger charge is -2.29. The van der Waals surface area contributed by atoms with Gasteiger partial charge in [-0.05, 0) is 24.5 Å². The molecule has 0 bridgehead atoms. The normalized spacial score (nSPS) is 15.1. The predicted molar refractivity (Wildman–Crippen MR) is 90.3 cm³/mol. The number of aliphatic carboxylic acids is 1. The second-order valence-electron chi connectivity index (χ2n) is 6.10. The van der Waals surface area contributed by atoms with Crippen LogP contribution in [0.5, 0.6) is 0 Å². The van der Waals surface area contributed by atoms with Crippen LogP contribution in [0.1, 0.15) is 28.9 Å². The zero-order valence-corrected chi connectivity index (χ0v) is 13.7. The fourth-order valence-electron chi connectivity index (χ4n) is 2.92. The number of likely N-dealkylation sites (tertiary alicyclic amines) is 1. The molecular weight excluding hydrogens is 322 g/mol. The van der Waals surface area contributed by atoms with Gasteiger partial charge in [0.05, 0.1) is 12.5 Å². The maximum Gasteiger partial charge on any atom is 0.306 e. The first kappa shape index (κ1) is 16.9. The first-order valence-electron chi connectivity index (χ1n) is 8.19. The molecule has 0 aliphatic carbocycles. The number of carboxylic acid groups (broad SMARTS) is 1. The molecule has 1 aliphatic heterocycles. The quantitative estimate of drug-likeness (QED) is 0.903. The zero-order valence-electron chi connectivity index (χ0n) is 13.7. The fraction of sp³-hybridized carbons (Fsp3) is 0.333. The molecule has 1 aromatic heterocycles. The van der Waals surface area contributed by atoms with E-state index in [0.29, 0.717) is 32.5 Å². The van der Waals surface area contributed by atoms with E-state index in [0.717, 1.165) is 5.56 Å². The van der Waals surface area contributed by atoms with E-state index in [1.54, 1.807) is 4.90 Å². The van der Waals surface area contributed by atoms with E-state index in [1.165, 1.54) is 16.8 Å². The average Bonchev–Trinajstić information content (AvgIpc) is 2.64. The van der Waals surface area contributed by atoms with Crippen molar-refractivity contribution in [2.45, 2.75) is 19.4 Å². The minimum absolute atomic E-state index is 0.198. The Bertz CT molecular complexity index is 824. The Hall–Kier alpha value is -2.96. The van der Waals surface area contributed by atoms with Crippen LogP contribution in [0.25, 0.3) is 0 Å². The Kier molecular flexibility index (Phi) is 4.92. The van der Waals surface area contributed by atoms with Gasteiger partial charge in [-0.15, -0.1) is 0 Å². The van der Waals surface area contributed by atoms with Crippen molar-refractivity contribution >= 4 is 11.9 Å². The summed E-state index contributed by atoms with van der Waals surface area (Å²) in [7, 11) is 0. The first-order valence-corrected chi connectivity index (χ1v) is 8.19. The Morgan fingerprint density at radius 2 is 1.76 bits per heavy atom. The van der Waals surface area contributed by atoms with Gasteiger partial charge in [-0.2, -0.15) is 5.10 Å². The van der Waals surface area contributed by atoms with Crippen LogP contribution in [-0.4, -0.2) is 44.8 Å². The molecule has 1 N–H and O–H groups in total. The number of amides is 1. The van der Waals surface area contributed by atoms with Crippen molar-refractivity contribution in [2.75, 3.05) is 13.1 Å². The lowest BCUT2D eigenvalue weighted by Crippen LogP contribution is -2.41. The van der Waals surface area contributed by atoms with Crippen molar-refractivity contribution in [2.24, 2.45) is 5.92 Å². The van der Waals surface area contributed by atoms with E-state index in [4.69, 9.17) is 5.11 Å². The largest absolute Gasteiger partial charge is 0.481 e. The Morgan fingerprint density at radius 1 is 1.08 bits per heavy atom. The summed E-state index contributed by atoms with van der Waals surface area (Å²) in [4.78, 5) is 37.2. The highest BCUT2D eigenvalue weighted by molar-refractivity contribution is 5.92. The second-order valence-corrected chi connectivity index (χ2v) is 6.10. The molecule has 1 aliphatic rings. The maximum atomic E-state index is 12.6. The van der Waals surface area contributed by atoms with E-state index in [2.05, 4.69) is 5.10 Å². The van der Waals surface area contributed by atoms with Gasteiger partial charge in [0.15, 0.2) is 0 Å². The van der Waals surface area contributed by atoms with Gasteiger partial charge in [-0.1, -0.05) is 30.3 Å². The van der Waals surface area contributed by atoms with Gasteiger partial charge >= 0.3 is 5.97 Å². The van der Waals surface area contributed by atoms with Crippen LogP contribution in [0.2, 0.25) is 0 Å². The van der Waals surface area contributed by atoms with Gasteiger partial charge in [0, 0.05) is 19.2 Å². The molecule has 0 atom stereocenters. The molecule has 1 saturated heterocycles. The van der Waals surface area contributed by atoms with Crippen LogP contribution < -0.4 is 5.56 Å². The van der Waals surface area contributed by atoms with Gasteiger partial charge in [0.25, 0.3) is 11.5 Å². The molecule has 130 valence electrons. The lowest BCUT2D eigenvalue weighted by molar-refractivity contribution is -0.143. The van der Waals surface area contributed by atoms with Crippen molar-refractivity contribution in [3.63, 3.8) is 0 Å². The van der Waals surface area contributed by atoms with Crippen LogP contribution >= 0.6 is 0 Å². The molecule has 0 spiro atoms. The maximum absolute atomic E-state index is 12.6. The van der Waals surface area contributed by atoms with Gasteiger partial charge in [0.1, 0.15) is 5.69 Å². The summed E-state index contributed by atoms with van der Waals surface area (Å²) in [6.45, 7) is 1.06. The molecule has 1 amide bonds. The van der Waals surface area contributed by atoms with E-state index >= 15 is 0 Å². The third kappa shape index (κ3) is 3.93. The van der Waals surface area contributed by atoms with Crippen molar-refractivity contribution in [3.05, 3.63) is 64.1 Å². The zero-order chi connectivity index (χ0) is 17.8. The molecule has 0 unspecified atom stereocenters. The lowest BCUT2D eigenvalue weighted by atomic mass is 9.97. The van der Waals surface area contributed by atoms with Crippen LogP contribution in [0, 0.1) is 5.92 Å². The molecular formula is C18H19N3O4. The first-order chi connectivity index (χ1) is 12.0. The number of benzene rings is 1. The molecule has 25 heavy (non-hydrogen) atoms. The van der Waals surface area contributed by atoms with Crippen molar-refractivity contribution in [1.29, 1.82) is 0 Å². The summed E-state index contributed by atoms with van der Waals surface area (Å²) in [6.07, 6.45) is 0.870. The minimum atomic E-state index is -0.818. The van der Waals surface area contributed by atoms with Gasteiger partial charge in [-0.25, -0.2) is 4.68 Å². The van der Waals surface area contributed by atoms with E-state index in [1.807, 2.05) is 30.3 Å². The molecule has 7 nitrogen and oxygen atoms in total. The second kappa shape index (κ2) is 7.29. The standard InChI is InChI=1S/C18H19N3O4/c22-16-7-6-15(19-21(16)12-13-4-2-1-3-5-13)17(23)20-10-8-14(9-11-20)18(24)25/h1-7,14H,8-12H2,(H,24,25). The molecule has 1 aromatic carbocycles. The predicted octanol–water partition coefficient (Wildman–Crippen LogP) is 1.23. The topological polar surface area (TPSA) is 92.5 Å². The molecule has 0 saturated carbocycles. The van der Waals surface area contributed by atoms with Crippen molar-refractivity contribution < 1.29 is 14.7 Å². The van der Waals surface area contributed by atoms with E-state index in [9.17, 15) is 14.4 Å². The van der Waals surface area contributed by atoms with Crippen LogP contribution in [-0.2, 0) is 11.3 Å². The van der Waals surface area contributed by atoms with Crippen LogP contribution in [0.3, 0.4) is 0 Å². The SMILES string of the molecule is O=C(O)C1CCN(C(=O)c2ccc(=O)n(Cc3ccccc3)n2)CC1. The number of hydrogen-bond donors (Lipinski definition) is 1. The van der Waals surface area contributed by atoms with Gasteiger partial charge < -0.3 is 10.0 Å². The number of carboxylic acids is 1. The summed E-state index contributed by atoms with van der Waals surface area (Å²) in [5, 5.41) is 13.2. The van der Waals surface area contributed by atoms with Crippen LogP contribution in [0.4, 0.5) is 0 Å². The number of hydrogen-bond acceptors (Lipinski definition) is 4. The molecule has 1 fully saturated rings. The third-order valence-corrected chi connectivity index (χ3v) is 4.39. The van der Waals surface area contributed by atoms with Crippen LogP contribution in [0.15, 0.2) is 47.3 Å². The Labute approximate surface area is 144 Å². The van der Waals surface area contributed by atoms with E-state index in [-0.39, 0.29) is 17.2 Å². The number of nitrogens with zero attached hydrogens (tertiary/aromatic N) is 3. The highest BCUT2D eigenvalue weighted by Crippen LogP contribution is 2.18. The molecule has 2 heterocycles. The number of rotatable bonds is 4. The number of aromatic nitrogens is 2. The molecule has 2 aromatic rings. The molecule has 0 radical (unpaired) electrons. The minimum Gasteiger partial charge on any atom is -0.481 e. The number of piperidine rings is 1. The van der Waals surface area contributed by atoms with Gasteiger partial charge in [0.2, 0.25) is 0 Å². The third-order valence-electron chi connectivity index (χ3n) is 4.39. The van der Waals surface area contributed by atoms with Crippen molar-refractivity contribution in [1.82, 2.24) is 14.7 Å². The summed E-state index contributed by atoms with van der Waals surface area (Å²) in [6, 6.07) is 12.2.